The zero-order valence-electron chi connectivity index (χ0n) is 14.4. The molecule has 1 aromatic rings. The quantitative estimate of drug-likeness (QED) is 0.587. The van der Waals surface area contributed by atoms with Gasteiger partial charge in [0.25, 0.3) is 0 Å². The van der Waals surface area contributed by atoms with Crippen molar-refractivity contribution in [2.45, 2.75) is 47.5 Å². The van der Waals surface area contributed by atoms with Crippen LogP contribution >= 0.6 is 0 Å². The van der Waals surface area contributed by atoms with Gasteiger partial charge in [0.15, 0.2) is 6.61 Å². The molecule has 0 aliphatic carbocycles. The lowest BCUT2D eigenvalue weighted by atomic mass is 10.1. The van der Waals surface area contributed by atoms with Crippen molar-refractivity contribution in [3.63, 3.8) is 0 Å². The molecular weight excluding hydrogens is 298 g/mol. The second-order valence-electron chi connectivity index (χ2n) is 5.86. The number of aromatic amines is 1. The molecule has 0 spiro atoms. The van der Waals surface area contributed by atoms with Gasteiger partial charge >= 0.3 is 11.9 Å². The molecule has 0 aromatic carbocycles. The zero-order chi connectivity index (χ0) is 17.6. The van der Waals surface area contributed by atoms with E-state index < -0.39 is 11.9 Å². The van der Waals surface area contributed by atoms with Crippen LogP contribution in [-0.2, 0) is 14.3 Å². The van der Waals surface area contributed by atoms with E-state index in [0.29, 0.717) is 29.2 Å². The predicted octanol–water partition coefficient (Wildman–Crippen LogP) is 2.97. The third-order valence-corrected chi connectivity index (χ3v) is 3.49. The van der Waals surface area contributed by atoms with E-state index in [1.165, 1.54) is 0 Å². The molecule has 6 heteroatoms. The summed E-state index contributed by atoms with van der Waals surface area (Å²) in [6.07, 6.45) is 1.02. The number of H-pyrrole nitrogens is 1. The maximum atomic E-state index is 12.2. The first kappa shape index (κ1) is 18.9. The van der Waals surface area contributed by atoms with Gasteiger partial charge in [0.05, 0.1) is 17.9 Å². The molecule has 128 valence electrons. The van der Waals surface area contributed by atoms with Gasteiger partial charge in [0, 0.05) is 12.1 Å². The minimum absolute atomic E-state index is 0.264. The van der Waals surface area contributed by atoms with Gasteiger partial charge in [-0.2, -0.15) is 0 Å². The summed E-state index contributed by atoms with van der Waals surface area (Å²) in [5.41, 5.74) is 1.73. The maximum Gasteiger partial charge on any atom is 0.340 e. The number of hydrogen-bond acceptors (Lipinski definition) is 5. The second-order valence-corrected chi connectivity index (χ2v) is 5.86. The summed E-state index contributed by atoms with van der Waals surface area (Å²) in [6, 6.07) is 0. The molecule has 0 unspecified atom stereocenters. The van der Waals surface area contributed by atoms with Crippen LogP contribution in [0.15, 0.2) is 0 Å². The molecule has 23 heavy (non-hydrogen) atoms. The van der Waals surface area contributed by atoms with Crippen molar-refractivity contribution in [3.05, 3.63) is 22.5 Å². The standard InChI is InChI=1S/C17H25NO5/c1-6-22-17(21)15-11(4)16(18-12(15)5)13(19)9-23-14(20)8-7-10(2)3/h10,18H,6-9H2,1-5H3. The van der Waals surface area contributed by atoms with Gasteiger partial charge in [-0.3, -0.25) is 9.59 Å². The number of ether oxygens (including phenoxy) is 2. The second kappa shape index (κ2) is 8.50. The number of carbonyl (C=O) groups is 3. The molecule has 0 amide bonds. The van der Waals surface area contributed by atoms with Gasteiger partial charge in [0.1, 0.15) is 0 Å². The van der Waals surface area contributed by atoms with Crippen molar-refractivity contribution in [3.8, 4) is 0 Å². The topological polar surface area (TPSA) is 85.5 Å². The predicted molar refractivity (Wildman–Crippen MR) is 85.6 cm³/mol. The Morgan fingerprint density at radius 2 is 1.78 bits per heavy atom. The van der Waals surface area contributed by atoms with Crippen molar-refractivity contribution in [1.82, 2.24) is 4.98 Å². The minimum Gasteiger partial charge on any atom is -0.462 e. The molecule has 1 heterocycles. The van der Waals surface area contributed by atoms with Crippen molar-refractivity contribution in [2.75, 3.05) is 13.2 Å². The summed E-state index contributed by atoms with van der Waals surface area (Å²) in [5, 5.41) is 0. The van der Waals surface area contributed by atoms with Gasteiger partial charge in [-0.1, -0.05) is 13.8 Å². The third kappa shape index (κ3) is 5.23. The van der Waals surface area contributed by atoms with Crippen LogP contribution < -0.4 is 0 Å². The molecule has 6 nitrogen and oxygen atoms in total. The Bertz CT molecular complexity index is 586. The van der Waals surface area contributed by atoms with Crippen molar-refractivity contribution in [1.29, 1.82) is 0 Å². The fourth-order valence-electron chi connectivity index (χ4n) is 2.24. The van der Waals surface area contributed by atoms with Crippen molar-refractivity contribution >= 4 is 17.7 Å². The van der Waals surface area contributed by atoms with Crippen LogP contribution in [0.3, 0.4) is 0 Å². The lowest BCUT2D eigenvalue weighted by Gasteiger charge is -2.06. The molecule has 0 atom stereocenters. The number of Topliss-reactive ketones (excluding diaryl/α,β-unsaturated/α-hetero) is 1. The molecule has 0 radical (unpaired) electrons. The maximum absolute atomic E-state index is 12.2. The highest BCUT2D eigenvalue weighted by Gasteiger charge is 2.23. The highest BCUT2D eigenvalue weighted by molar-refractivity contribution is 6.02. The molecule has 1 aromatic heterocycles. The van der Waals surface area contributed by atoms with Gasteiger partial charge < -0.3 is 14.5 Å². The van der Waals surface area contributed by atoms with Crippen LogP contribution in [0.1, 0.15) is 65.7 Å². The minimum atomic E-state index is -0.466. The van der Waals surface area contributed by atoms with E-state index in [2.05, 4.69) is 4.98 Å². The Hall–Kier alpha value is -2.11. The normalized spacial score (nSPS) is 10.7. The smallest absolute Gasteiger partial charge is 0.340 e. The molecule has 1 N–H and O–H groups in total. The summed E-state index contributed by atoms with van der Waals surface area (Å²) >= 11 is 0. The summed E-state index contributed by atoms with van der Waals surface area (Å²) in [7, 11) is 0. The van der Waals surface area contributed by atoms with Crippen LogP contribution in [0.4, 0.5) is 0 Å². The Kier molecular flexibility index (Phi) is 7.00. The summed E-state index contributed by atoms with van der Waals surface area (Å²) in [4.78, 5) is 38.6. The fraction of sp³-hybridized carbons (Fsp3) is 0.588. The van der Waals surface area contributed by atoms with E-state index >= 15 is 0 Å². The Balaban J connectivity index is 2.72. The number of esters is 2. The van der Waals surface area contributed by atoms with E-state index in [0.717, 1.165) is 6.42 Å². The Morgan fingerprint density at radius 3 is 2.35 bits per heavy atom. The van der Waals surface area contributed by atoms with E-state index in [4.69, 9.17) is 9.47 Å². The number of carbonyl (C=O) groups excluding carboxylic acids is 3. The zero-order valence-corrected chi connectivity index (χ0v) is 14.4. The van der Waals surface area contributed by atoms with Crippen LogP contribution in [0.5, 0.6) is 0 Å². The SMILES string of the molecule is CCOC(=O)c1c(C)[nH]c(C(=O)COC(=O)CCC(C)C)c1C. The Labute approximate surface area is 136 Å². The van der Waals surface area contributed by atoms with Crippen LogP contribution in [0.25, 0.3) is 0 Å². The molecule has 0 saturated carbocycles. The van der Waals surface area contributed by atoms with E-state index in [9.17, 15) is 14.4 Å². The number of aromatic nitrogens is 1. The summed E-state index contributed by atoms with van der Waals surface area (Å²) < 4.78 is 9.98. The van der Waals surface area contributed by atoms with E-state index in [1.807, 2.05) is 13.8 Å². The van der Waals surface area contributed by atoms with Crippen molar-refractivity contribution in [2.24, 2.45) is 5.92 Å². The molecule has 0 aliphatic rings. The highest BCUT2D eigenvalue weighted by Crippen LogP contribution is 2.19. The summed E-state index contributed by atoms with van der Waals surface area (Å²) in [5.74, 6) is -0.817. The van der Waals surface area contributed by atoms with Crippen molar-refractivity contribution < 1.29 is 23.9 Å². The first-order valence-corrected chi connectivity index (χ1v) is 7.83. The number of aryl methyl sites for hydroxylation is 1. The number of nitrogens with one attached hydrogen (secondary N) is 1. The van der Waals surface area contributed by atoms with Crippen LogP contribution in [0.2, 0.25) is 0 Å². The average molecular weight is 323 g/mol. The first-order valence-electron chi connectivity index (χ1n) is 7.83. The molecule has 0 saturated heterocycles. The lowest BCUT2D eigenvalue weighted by molar-refractivity contribution is -0.142. The third-order valence-electron chi connectivity index (χ3n) is 3.49. The van der Waals surface area contributed by atoms with Gasteiger partial charge in [0.2, 0.25) is 5.78 Å². The van der Waals surface area contributed by atoms with Gasteiger partial charge in [-0.05, 0) is 38.7 Å². The number of ketones is 1. The van der Waals surface area contributed by atoms with E-state index in [1.54, 1.807) is 20.8 Å². The number of hydrogen-bond donors (Lipinski definition) is 1. The molecule has 1 rings (SSSR count). The molecule has 0 aliphatic heterocycles. The molecule has 0 bridgehead atoms. The molecule has 0 fully saturated rings. The number of rotatable bonds is 8. The first-order chi connectivity index (χ1) is 10.8. The fourth-order valence-corrected chi connectivity index (χ4v) is 2.24. The lowest BCUT2D eigenvalue weighted by Crippen LogP contribution is -2.16. The monoisotopic (exact) mass is 323 g/mol. The highest BCUT2D eigenvalue weighted by atomic mass is 16.5. The Morgan fingerprint density at radius 1 is 1.13 bits per heavy atom. The average Bonchev–Trinajstić information content (AvgIpc) is 2.77. The van der Waals surface area contributed by atoms with Gasteiger partial charge in [-0.25, -0.2) is 4.79 Å². The summed E-state index contributed by atoms with van der Waals surface area (Å²) in [6.45, 7) is 9.05. The van der Waals surface area contributed by atoms with Gasteiger partial charge in [-0.15, -0.1) is 0 Å². The van der Waals surface area contributed by atoms with Crippen LogP contribution in [0, 0.1) is 19.8 Å². The molecular formula is C17H25NO5. The largest absolute Gasteiger partial charge is 0.462 e. The van der Waals surface area contributed by atoms with E-state index in [-0.39, 0.29) is 24.7 Å². The van der Waals surface area contributed by atoms with Crippen LogP contribution in [-0.4, -0.2) is 35.9 Å².